The number of carbonyl (C=O) groups excluding carboxylic acids is 1. The Morgan fingerprint density at radius 1 is 1.38 bits per heavy atom. The summed E-state index contributed by atoms with van der Waals surface area (Å²) in [6.07, 6.45) is 0. The zero-order valence-corrected chi connectivity index (χ0v) is 9.53. The normalized spacial score (nSPS) is 9.19. The van der Waals surface area contributed by atoms with Crippen molar-refractivity contribution in [2.45, 2.75) is 6.92 Å². The van der Waals surface area contributed by atoms with Crippen molar-refractivity contribution in [2.75, 3.05) is 20.2 Å². The van der Waals surface area contributed by atoms with Crippen molar-refractivity contribution in [1.82, 2.24) is 4.90 Å². The summed E-state index contributed by atoms with van der Waals surface area (Å²) in [4.78, 5) is 13.4. The zero-order valence-electron chi connectivity index (χ0n) is 9.53. The summed E-state index contributed by atoms with van der Waals surface area (Å²) in [5, 5.41) is 8.54. The van der Waals surface area contributed by atoms with Gasteiger partial charge in [-0.1, -0.05) is 11.8 Å². The minimum Gasteiger partial charge on any atom is -0.384 e. The molecule has 0 heterocycles. The molecule has 0 spiro atoms. The fourth-order valence-electron chi connectivity index (χ4n) is 1.20. The molecule has 0 aromatic heterocycles. The van der Waals surface area contributed by atoms with Gasteiger partial charge >= 0.3 is 0 Å². The smallest absolute Gasteiger partial charge is 0.253 e. The Hall–Kier alpha value is -1.79. The third-order valence-electron chi connectivity index (χ3n) is 2.26. The fraction of sp³-hybridized carbons (Fsp3) is 0.308. The third-order valence-corrected chi connectivity index (χ3v) is 2.26. The molecule has 1 aromatic carbocycles. The van der Waals surface area contributed by atoms with E-state index in [0.29, 0.717) is 12.1 Å². The summed E-state index contributed by atoms with van der Waals surface area (Å²) < 4.78 is 0. The van der Waals surface area contributed by atoms with E-state index in [9.17, 15) is 4.79 Å². The minimum absolute atomic E-state index is 0.00386. The molecule has 3 heteroatoms. The van der Waals surface area contributed by atoms with E-state index < -0.39 is 0 Å². The molecule has 0 aliphatic carbocycles. The lowest BCUT2D eigenvalue weighted by Gasteiger charge is -2.14. The Morgan fingerprint density at radius 3 is 2.50 bits per heavy atom. The first-order chi connectivity index (χ1) is 7.69. The second-order valence-corrected chi connectivity index (χ2v) is 3.36. The number of hydrogen-bond donors (Lipinski definition) is 1. The lowest BCUT2D eigenvalue weighted by molar-refractivity contribution is 0.0802. The molecule has 0 fully saturated rings. The average Bonchev–Trinajstić information content (AvgIpc) is 2.35. The standard InChI is InChI=1S/C13H15NO2/c1-3-14(2)13(16)12-8-6-11(7-9-12)5-4-10-15/h6-9,15H,3,10H2,1-2H3. The molecule has 1 rings (SSSR count). The predicted octanol–water partition coefficient (Wildman–Crippen LogP) is 1.12. The predicted molar refractivity (Wildman–Crippen MR) is 63.0 cm³/mol. The second-order valence-electron chi connectivity index (χ2n) is 3.36. The highest BCUT2D eigenvalue weighted by atomic mass is 16.2. The molecule has 0 aliphatic rings. The molecule has 1 N–H and O–H groups in total. The number of nitrogens with zero attached hydrogens (tertiary/aromatic N) is 1. The number of carbonyl (C=O) groups is 1. The van der Waals surface area contributed by atoms with Gasteiger partial charge in [-0.2, -0.15) is 0 Å². The first-order valence-corrected chi connectivity index (χ1v) is 5.14. The molecule has 0 aliphatic heterocycles. The van der Waals surface area contributed by atoms with Gasteiger partial charge in [-0.15, -0.1) is 0 Å². The topological polar surface area (TPSA) is 40.5 Å². The zero-order chi connectivity index (χ0) is 12.0. The second kappa shape index (κ2) is 5.94. The van der Waals surface area contributed by atoms with E-state index in [2.05, 4.69) is 11.8 Å². The Balaban J connectivity index is 2.82. The number of hydrogen-bond acceptors (Lipinski definition) is 2. The maximum atomic E-state index is 11.8. The summed E-state index contributed by atoms with van der Waals surface area (Å²) in [6.45, 7) is 2.46. The van der Waals surface area contributed by atoms with Gasteiger partial charge in [-0.3, -0.25) is 4.79 Å². The molecule has 16 heavy (non-hydrogen) atoms. The lowest BCUT2D eigenvalue weighted by Crippen LogP contribution is -2.26. The van der Waals surface area contributed by atoms with Crippen molar-refractivity contribution in [3.8, 4) is 11.8 Å². The van der Waals surface area contributed by atoms with Crippen molar-refractivity contribution in [2.24, 2.45) is 0 Å². The van der Waals surface area contributed by atoms with Crippen LogP contribution in [0.1, 0.15) is 22.8 Å². The summed E-state index contributed by atoms with van der Waals surface area (Å²) >= 11 is 0. The van der Waals surface area contributed by atoms with Crippen LogP contribution in [-0.2, 0) is 0 Å². The van der Waals surface area contributed by atoms with Crippen LogP contribution < -0.4 is 0 Å². The van der Waals surface area contributed by atoms with Gasteiger partial charge in [0.25, 0.3) is 5.91 Å². The van der Waals surface area contributed by atoms with E-state index in [1.165, 1.54) is 0 Å². The van der Waals surface area contributed by atoms with Crippen LogP contribution >= 0.6 is 0 Å². The highest BCUT2D eigenvalue weighted by molar-refractivity contribution is 5.94. The van der Waals surface area contributed by atoms with Crippen molar-refractivity contribution in [3.63, 3.8) is 0 Å². The Labute approximate surface area is 95.7 Å². The van der Waals surface area contributed by atoms with Crippen LogP contribution in [0.3, 0.4) is 0 Å². The Bertz CT molecular complexity index is 412. The van der Waals surface area contributed by atoms with Gasteiger partial charge in [-0.25, -0.2) is 0 Å². The molecule has 1 amide bonds. The van der Waals surface area contributed by atoms with Crippen LogP contribution in [0, 0.1) is 11.8 Å². The highest BCUT2D eigenvalue weighted by Gasteiger charge is 2.08. The quantitative estimate of drug-likeness (QED) is 0.754. The molecule has 0 bridgehead atoms. The summed E-state index contributed by atoms with van der Waals surface area (Å²) in [7, 11) is 1.77. The van der Waals surface area contributed by atoms with Crippen molar-refractivity contribution >= 4 is 5.91 Å². The van der Waals surface area contributed by atoms with Gasteiger partial charge in [-0.05, 0) is 31.2 Å². The van der Waals surface area contributed by atoms with Crippen LogP contribution in [0.25, 0.3) is 0 Å². The first kappa shape index (κ1) is 12.3. The van der Waals surface area contributed by atoms with Crippen molar-refractivity contribution in [1.29, 1.82) is 0 Å². The molecular formula is C13H15NO2. The highest BCUT2D eigenvalue weighted by Crippen LogP contribution is 2.06. The van der Waals surface area contributed by atoms with Crippen LogP contribution in [0.2, 0.25) is 0 Å². The molecular weight excluding hydrogens is 202 g/mol. The SMILES string of the molecule is CCN(C)C(=O)c1ccc(C#CCO)cc1. The summed E-state index contributed by atoms with van der Waals surface area (Å²) in [5.41, 5.74) is 1.45. The first-order valence-electron chi connectivity index (χ1n) is 5.14. The van der Waals surface area contributed by atoms with Crippen LogP contribution in [0.5, 0.6) is 0 Å². The van der Waals surface area contributed by atoms with Crippen molar-refractivity contribution in [3.05, 3.63) is 35.4 Å². The number of benzene rings is 1. The van der Waals surface area contributed by atoms with Gasteiger partial charge in [0.2, 0.25) is 0 Å². The molecule has 0 saturated carbocycles. The number of aliphatic hydroxyl groups is 1. The molecule has 0 unspecified atom stereocenters. The minimum atomic E-state index is -0.154. The van der Waals surface area contributed by atoms with E-state index >= 15 is 0 Å². The fourth-order valence-corrected chi connectivity index (χ4v) is 1.20. The van der Waals surface area contributed by atoms with Gasteiger partial charge in [0, 0.05) is 24.7 Å². The van der Waals surface area contributed by atoms with Gasteiger partial charge in [0.05, 0.1) is 0 Å². The van der Waals surface area contributed by atoms with E-state index in [1.807, 2.05) is 6.92 Å². The van der Waals surface area contributed by atoms with E-state index in [-0.39, 0.29) is 12.5 Å². The van der Waals surface area contributed by atoms with E-state index in [4.69, 9.17) is 5.11 Å². The van der Waals surface area contributed by atoms with Gasteiger partial charge in [0.1, 0.15) is 6.61 Å². The van der Waals surface area contributed by atoms with Gasteiger partial charge in [0.15, 0.2) is 0 Å². The van der Waals surface area contributed by atoms with Crippen LogP contribution in [0.15, 0.2) is 24.3 Å². The Kier molecular flexibility index (Phi) is 4.56. The molecule has 0 saturated heterocycles. The average molecular weight is 217 g/mol. The van der Waals surface area contributed by atoms with Crippen LogP contribution in [-0.4, -0.2) is 36.1 Å². The summed E-state index contributed by atoms with van der Waals surface area (Å²) in [5.74, 6) is 5.34. The van der Waals surface area contributed by atoms with Crippen molar-refractivity contribution < 1.29 is 9.90 Å². The molecule has 3 nitrogen and oxygen atoms in total. The summed E-state index contributed by atoms with van der Waals surface area (Å²) in [6, 6.07) is 7.05. The molecule has 84 valence electrons. The van der Waals surface area contributed by atoms with Crippen LogP contribution in [0.4, 0.5) is 0 Å². The third kappa shape index (κ3) is 3.11. The van der Waals surface area contributed by atoms with E-state index in [1.54, 1.807) is 36.2 Å². The number of aliphatic hydroxyl groups excluding tert-OH is 1. The van der Waals surface area contributed by atoms with Gasteiger partial charge < -0.3 is 10.0 Å². The monoisotopic (exact) mass is 217 g/mol. The maximum absolute atomic E-state index is 11.8. The number of rotatable bonds is 2. The maximum Gasteiger partial charge on any atom is 0.253 e. The van der Waals surface area contributed by atoms with E-state index in [0.717, 1.165) is 5.56 Å². The molecule has 0 atom stereocenters. The lowest BCUT2D eigenvalue weighted by atomic mass is 10.1. The Morgan fingerprint density at radius 2 is 2.00 bits per heavy atom. The molecule has 0 radical (unpaired) electrons. The molecule has 1 aromatic rings. The largest absolute Gasteiger partial charge is 0.384 e. The number of amides is 1.